The number of rotatable bonds is 9. The lowest BCUT2D eigenvalue weighted by Gasteiger charge is -2.15. The lowest BCUT2D eigenvalue weighted by Crippen LogP contribution is -2.35. The Labute approximate surface area is 136 Å². The second-order valence-electron chi connectivity index (χ2n) is 5.91. The Morgan fingerprint density at radius 3 is 2.57 bits per heavy atom. The Kier molecular flexibility index (Phi) is 6.55. The number of nitrogens with one attached hydrogen (secondary N) is 1. The first-order chi connectivity index (χ1) is 11.0. The maximum absolute atomic E-state index is 9.82. The topological polar surface area (TPSA) is 80.4 Å². The Hall–Kier alpha value is -1.92. The van der Waals surface area contributed by atoms with E-state index in [9.17, 15) is 5.11 Å². The van der Waals surface area contributed by atoms with Gasteiger partial charge in [0.15, 0.2) is 5.82 Å². The van der Waals surface area contributed by atoms with Gasteiger partial charge >= 0.3 is 0 Å². The van der Waals surface area contributed by atoms with E-state index in [4.69, 9.17) is 9.26 Å². The third-order valence-electron chi connectivity index (χ3n) is 3.32. The molecule has 0 aliphatic carbocycles. The molecule has 6 heteroatoms. The second kappa shape index (κ2) is 8.64. The molecule has 0 bridgehead atoms. The first kappa shape index (κ1) is 17.4. The molecule has 0 fully saturated rings. The summed E-state index contributed by atoms with van der Waals surface area (Å²) >= 11 is 0. The molecule has 2 aromatic rings. The monoisotopic (exact) mass is 319 g/mol. The van der Waals surface area contributed by atoms with Crippen LogP contribution in [-0.2, 0) is 12.8 Å². The number of aliphatic hydroxyl groups excluding tert-OH is 1. The molecule has 2 rings (SSSR count). The van der Waals surface area contributed by atoms with Crippen LogP contribution in [-0.4, -0.2) is 40.5 Å². The maximum atomic E-state index is 9.82. The average molecular weight is 319 g/mol. The molecule has 0 saturated heterocycles. The van der Waals surface area contributed by atoms with Crippen LogP contribution in [0.4, 0.5) is 0 Å². The van der Waals surface area contributed by atoms with Crippen molar-refractivity contribution in [1.29, 1.82) is 0 Å². The highest BCUT2D eigenvalue weighted by molar-refractivity contribution is 5.27. The summed E-state index contributed by atoms with van der Waals surface area (Å²) in [5.41, 5.74) is 1.18. The summed E-state index contributed by atoms with van der Waals surface area (Å²) in [5.74, 6) is 2.07. The van der Waals surface area contributed by atoms with Crippen molar-refractivity contribution in [1.82, 2.24) is 15.5 Å². The number of hydrogen-bond donors (Lipinski definition) is 2. The van der Waals surface area contributed by atoms with Gasteiger partial charge in [-0.05, 0) is 31.0 Å². The van der Waals surface area contributed by atoms with Crippen LogP contribution in [0.5, 0.6) is 5.75 Å². The minimum atomic E-state index is -0.516. The highest BCUT2D eigenvalue weighted by Crippen LogP contribution is 2.14. The Bertz CT molecular complexity index is 581. The van der Waals surface area contributed by atoms with Crippen molar-refractivity contribution < 1.29 is 14.4 Å². The largest absolute Gasteiger partial charge is 0.491 e. The molecule has 0 aliphatic rings. The third kappa shape index (κ3) is 6.38. The third-order valence-corrected chi connectivity index (χ3v) is 3.32. The summed E-state index contributed by atoms with van der Waals surface area (Å²) in [7, 11) is 0. The molecular weight excluding hydrogens is 294 g/mol. The number of aryl methyl sites for hydroxylation is 3. The molecule has 126 valence electrons. The van der Waals surface area contributed by atoms with Crippen LogP contribution >= 0.6 is 0 Å². The normalized spacial score (nSPS) is 12.6. The predicted octanol–water partition coefficient (Wildman–Crippen LogP) is 1.90. The smallest absolute Gasteiger partial charge is 0.226 e. The van der Waals surface area contributed by atoms with E-state index in [-0.39, 0.29) is 6.61 Å². The lowest BCUT2D eigenvalue weighted by molar-refractivity contribution is 0.104. The molecule has 1 unspecified atom stereocenters. The van der Waals surface area contributed by atoms with Crippen molar-refractivity contribution in [3.63, 3.8) is 0 Å². The number of nitrogens with zero attached hydrogens (tertiary/aromatic N) is 2. The Balaban J connectivity index is 1.73. The summed E-state index contributed by atoms with van der Waals surface area (Å²) in [6, 6.07) is 8.20. The van der Waals surface area contributed by atoms with Crippen molar-refractivity contribution in [3.8, 4) is 5.75 Å². The molecule has 0 saturated carbocycles. The zero-order valence-corrected chi connectivity index (χ0v) is 14.0. The van der Waals surface area contributed by atoms with E-state index in [0.29, 0.717) is 24.3 Å². The van der Waals surface area contributed by atoms with Crippen molar-refractivity contribution in [2.75, 3.05) is 13.2 Å². The van der Waals surface area contributed by atoms with Crippen molar-refractivity contribution >= 4 is 0 Å². The number of aliphatic hydroxyl groups is 1. The van der Waals surface area contributed by atoms with Crippen molar-refractivity contribution in [2.45, 2.75) is 45.8 Å². The highest BCUT2D eigenvalue weighted by Gasteiger charge is 2.07. The van der Waals surface area contributed by atoms with Crippen LogP contribution in [0.25, 0.3) is 0 Å². The Morgan fingerprint density at radius 1 is 1.22 bits per heavy atom. The zero-order valence-electron chi connectivity index (χ0n) is 14.0. The summed E-state index contributed by atoms with van der Waals surface area (Å²) < 4.78 is 10.7. The molecule has 0 amide bonds. The van der Waals surface area contributed by atoms with Crippen LogP contribution in [0.3, 0.4) is 0 Å². The summed E-state index contributed by atoms with van der Waals surface area (Å²) in [4.78, 5) is 4.19. The molecule has 1 aromatic carbocycles. The second-order valence-corrected chi connectivity index (χ2v) is 5.91. The summed E-state index contributed by atoms with van der Waals surface area (Å²) in [6.07, 6.45) is 1.04. The van der Waals surface area contributed by atoms with Crippen LogP contribution in [0.1, 0.15) is 31.1 Å². The molecule has 0 spiro atoms. The highest BCUT2D eigenvalue weighted by atomic mass is 16.5. The summed E-state index contributed by atoms with van der Waals surface area (Å²) in [6.45, 7) is 6.70. The van der Waals surface area contributed by atoms with Gasteiger partial charge in [0, 0.05) is 19.0 Å². The van der Waals surface area contributed by atoms with Gasteiger partial charge in [-0.2, -0.15) is 4.98 Å². The quantitative estimate of drug-likeness (QED) is 0.735. The molecule has 0 radical (unpaired) electrons. The van der Waals surface area contributed by atoms with Gasteiger partial charge in [-0.25, -0.2) is 0 Å². The van der Waals surface area contributed by atoms with Gasteiger partial charge in [0.05, 0.1) is 0 Å². The molecular formula is C17H25N3O3. The van der Waals surface area contributed by atoms with Crippen LogP contribution in [0.2, 0.25) is 0 Å². The summed E-state index contributed by atoms with van der Waals surface area (Å²) in [5, 5.41) is 16.8. The van der Waals surface area contributed by atoms with Gasteiger partial charge in [-0.3, -0.25) is 0 Å². The predicted molar refractivity (Wildman–Crippen MR) is 87.5 cm³/mol. The first-order valence-electron chi connectivity index (χ1n) is 7.95. The van der Waals surface area contributed by atoms with Crippen LogP contribution < -0.4 is 10.1 Å². The van der Waals surface area contributed by atoms with E-state index < -0.39 is 6.10 Å². The number of benzene rings is 1. The fourth-order valence-electron chi connectivity index (χ4n) is 2.07. The standard InChI is InChI=1S/C17H25N3O3/c1-12(2)18-10-15(21)11-22-16-7-4-14(5-8-16)6-9-17-19-13(3)20-23-17/h4-5,7-8,12,15,18,21H,6,9-11H2,1-3H3. The fraction of sp³-hybridized carbons (Fsp3) is 0.529. The SMILES string of the molecule is Cc1noc(CCc2ccc(OCC(O)CNC(C)C)cc2)n1. The van der Waals surface area contributed by atoms with E-state index in [2.05, 4.69) is 15.5 Å². The molecule has 1 atom stereocenters. The molecule has 2 N–H and O–H groups in total. The van der Waals surface area contributed by atoms with Gasteiger partial charge in [0.25, 0.3) is 0 Å². The van der Waals surface area contributed by atoms with Crippen LogP contribution in [0, 0.1) is 6.92 Å². The zero-order chi connectivity index (χ0) is 16.7. The number of ether oxygens (including phenoxy) is 1. The number of aromatic nitrogens is 2. The molecule has 6 nitrogen and oxygen atoms in total. The van der Waals surface area contributed by atoms with E-state index in [1.165, 1.54) is 5.56 Å². The average Bonchev–Trinajstić information content (AvgIpc) is 2.95. The molecule has 0 aliphatic heterocycles. The van der Waals surface area contributed by atoms with Gasteiger partial charge in [-0.15, -0.1) is 0 Å². The van der Waals surface area contributed by atoms with E-state index in [0.717, 1.165) is 18.6 Å². The van der Waals surface area contributed by atoms with Crippen molar-refractivity contribution in [3.05, 3.63) is 41.5 Å². The van der Waals surface area contributed by atoms with Crippen LogP contribution in [0.15, 0.2) is 28.8 Å². The van der Waals surface area contributed by atoms with E-state index in [1.54, 1.807) is 0 Å². The van der Waals surface area contributed by atoms with Gasteiger partial charge in [-0.1, -0.05) is 31.1 Å². The maximum Gasteiger partial charge on any atom is 0.226 e. The fourth-order valence-corrected chi connectivity index (χ4v) is 2.07. The van der Waals surface area contributed by atoms with Crippen molar-refractivity contribution in [2.24, 2.45) is 0 Å². The lowest BCUT2D eigenvalue weighted by atomic mass is 10.1. The first-order valence-corrected chi connectivity index (χ1v) is 7.95. The Morgan fingerprint density at radius 2 is 1.96 bits per heavy atom. The van der Waals surface area contributed by atoms with Gasteiger partial charge < -0.3 is 19.7 Å². The minimum Gasteiger partial charge on any atom is -0.491 e. The minimum absolute atomic E-state index is 0.278. The van der Waals surface area contributed by atoms with E-state index >= 15 is 0 Å². The molecule has 1 aromatic heterocycles. The number of hydrogen-bond acceptors (Lipinski definition) is 6. The van der Waals surface area contributed by atoms with Gasteiger partial charge in [0.2, 0.25) is 5.89 Å². The van der Waals surface area contributed by atoms with E-state index in [1.807, 2.05) is 45.0 Å². The molecule has 23 heavy (non-hydrogen) atoms. The molecule has 1 heterocycles. The van der Waals surface area contributed by atoms with Gasteiger partial charge in [0.1, 0.15) is 18.5 Å².